The molecule has 2 unspecified atom stereocenters. The minimum atomic E-state index is 0.311. The molecule has 2 atom stereocenters. The Kier molecular flexibility index (Phi) is 2.71. The van der Waals surface area contributed by atoms with Gasteiger partial charge in [-0.25, -0.2) is 0 Å². The van der Waals surface area contributed by atoms with E-state index in [2.05, 4.69) is 35.0 Å². The summed E-state index contributed by atoms with van der Waals surface area (Å²) in [4.78, 5) is 0. The van der Waals surface area contributed by atoms with Gasteiger partial charge in [0.05, 0.1) is 0 Å². The van der Waals surface area contributed by atoms with Crippen molar-refractivity contribution in [1.29, 1.82) is 0 Å². The molecule has 2 nitrogen and oxygen atoms in total. The van der Waals surface area contributed by atoms with Crippen molar-refractivity contribution in [3.63, 3.8) is 0 Å². The first-order valence-corrected chi connectivity index (χ1v) is 6.89. The number of hydrogen-bond donors (Lipinski definition) is 0. The van der Waals surface area contributed by atoms with Crippen molar-refractivity contribution in [3.8, 4) is 5.75 Å². The van der Waals surface area contributed by atoms with E-state index in [0.29, 0.717) is 12.2 Å². The molecule has 0 radical (unpaired) electrons. The van der Waals surface area contributed by atoms with Gasteiger partial charge in [0.2, 0.25) is 0 Å². The molecule has 2 aliphatic carbocycles. The third-order valence-electron chi connectivity index (χ3n) is 4.23. The Bertz CT molecular complexity index is 458. The summed E-state index contributed by atoms with van der Waals surface area (Å²) in [6.45, 7) is 2.70. The van der Waals surface area contributed by atoms with Crippen LogP contribution >= 0.6 is 15.9 Å². The molecule has 1 aromatic rings. The molecule has 1 fully saturated rings. The van der Waals surface area contributed by atoms with Crippen LogP contribution in [0.5, 0.6) is 5.75 Å². The average Bonchev–Trinajstić information content (AvgIpc) is 2.97. The lowest BCUT2D eigenvalue weighted by Crippen LogP contribution is -2.15. The molecule has 0 N–H and O–H groups in total. The van der Waals surface area contributed by atoms with E-state index >= 15 is 0 Å². The zero-order chi connectivity index (χ0) is 12.0. The number of methoxy groups -OCH3 is 1. The van der Waals surface area contributed by atoms with Crippen molar-refractivity contribution in [3.05, 3.63) is 27.7 Å². The zero-order valence-corrected chi connectivity index (χ0v) is 11.8. The van der Waals surface area contributed by atoms with Crippen LogP contribution in [0.1, 0.15) is 30.9 Å². The van der Waals surface area contributed by atoms with Gasteiger partial charge in [0.25, 0.3) is 0 Å². The van der Waals surface area contributed by atoms with E-state index in [1.165, 1.54) is 34.9 Å². The van der Waals surface area contributed by atoms with Crippen LogP contribution in [0.15, 0.2) is 16.6 Å². The highest BCUT2D eigenvalue weighted by atomic mass is 79.9. The van der Waals surface area contributed by atoms with Crippen molar-refractivity contribution in [1.82, 2.24) is 0 Å². The number of rotatable bonds is 3. The van der Waals surface area contributed by atoms with Crippen molar-refractivity contribution in [2.75, 3.05) is 13.9 Å². The second-order valence-electron chi connectivity index (χ2n) is 5.35. The van der Waals surface area contributed by atoms with E-state index in [1.54, 1.807) is 7.11 Å². The van der Waals surface area contributed by atoms with Crippen LogP contribution in [0.25, 0.3) is 0 Å². The molecule has 17 heavy (non-hydrogen) atoms. The maximum absolute atomic E-state index is 5.53. The number of hydrogen-bond acceptors (Lipinski definition) is 2. The van der Waals surface area contributed by atoms with E-state index < -0.39 is 0 Å². The third-order valence-corrected chi connectivity index (χ3v) is 4.86. The minimum Gasteiger partial charge on any atom is -0.468 e. The van der Waals surface area contributed by atoms with Gasteiger partial charge in [-0.15, -0.1) is 0 Å². The molecule has 0 saturated heterocycles. The zero-order valence-electron chi connectivity index (χ0n) is 10.3. The highest BCUT2D eigenvalue weighted by Gasteiger charge is 2.54. The Balaban J connectivity index is 1.97. The van der Waals surface area contributed by atoms with Crippen LogP contribution in [0.2, 0.25) is 0 Å². The molecular formula is C14H17BrO2. The van der Waals surface area contributed by atoms with Gasteiger partial charge in [-0.1, -0.05) is 22.9 Å². The predicted octanol–water partition coefficient (Wildman–Crippen LogP) is 3.66. The fourth-order valence-electron chi connectivity index (χ4n) is 3.19. The molecule has 3 heteroatoms. The smallest absolute Gasteiger partial charge is 0.188 e. The average molecular weight is 297 g/mol. The Hall–Kier alpha value is -0.540. The first kappa shape index (κ1) is 11.5. The Morgan fingerprint density at radius 2 is 2.29 bits per heavy atom. The van der Waals surface area contributed by atoms with Crippen LogP contribution < -0.4 is 4.74 Å². The van der Waals surface area contributed by atoms with Crippen LogP contribution in [0.3, 0.4) is 0 Å². The molecule has 92 valence electrons. The Morgan fingerprint density at radius 1 is 1.47 bits per heavy atom. The van der Waals surface area contributed by atoms with E-state index in [-0.39, 0.29) is 0 Å². The second-order valence-corrected chi connectivity index (χ2v) is 6.20. The van der Waals surface area contributed by atoms with Gasteiger partial charge < -0.3 is 9.47 Å². The van der Waals surface area contributed by atoms with Gasteiger partial charge in [-0.2, -0.15) is 0 Å². The SMILES string of the molecule is COCOc1cc(Br)c2c(c1)CCC1CC21C. The topological polar surface area (TPSA) is 18.5 Å². The molecule has 0 aliphatic heterocycles. The first-order chi connectivity index (χ1) is 8.15. The van der Waals surface area contributed by atoms with Gasteiger partial charge >= 0.3 is 0 Å². The fourth-order valence-corrected chi connectivity index (χ4v) is 4.13. The molecule has 1 aromatic carbocycles. The van der Waals surface area contributed by atoms with E-state index in [1.807, 2.05) is 0 Å². The second kappa shape index (κ2) is 3.99. The summed E-state index contributed by atoms with van der Waals surface area (Å²) in [7, 11) is 1.64. The van der Waals surface area contributed by atoms with Gasteiger partial charge in [-0.05, 0) is 53.9 Å². The quantitative estimate of drug-likeness (QED) is 0.793. The van der Waals surface area contributed by atoms with E-state index in [4.69, 9.17) is 9.47 Å². The Labute approximate surface area is 110 Å². The van der Waals surface area contributed by atoms with E-state index in [9.17, 15) is 0 Å². The number of benzene rings is 1. The summed E-state index contributed by atoms with van der Waals surface area (Å²) in [5, 5.41) is 0. The minimum absolute atomic E-state index is 0.311. The summed E-state index contributed by atoms with van der Waals surface area (Å²) < 4.78 is 11.7. The number of halogens is 1. The molecule has 0 bridgehead atoms. The lowest BCUT2D eigenvalue weighted by Gasteiger charge is -2.24. The van der Waals surface area contributed by atoms with E-state index in [0.717, 1.165) is 11.7 Å². The molecule has 1 saturated carbocycles. The van der Waals surface area contributed by atoms with Crippen molar-refractivity contribution < 1.29 is 9.47 Å². The van der Waals surface area contributed by atoms with Crippen LogP contribution in [-0.4, -0.2) is 13.9 Å². The maximum atomic E-state index is 5.53. The normalized spacial score (nSPS) is 29.5. The highest BCUT2D eigenvalue weighted by Crippen LogP contribution is 2.61. The highest BCUT2D eigenvalue weighted by molar-refractivity contribution is 9.10. The molecular weight excluding hydrogens is 280 g/mol. The van der Waals surface area contributed by atoms with Crippen molar-refractivity contribution in [2.45, 2.75) is 31.6 Å². The summed E-state index contributed by atoms with van der Waals surface area (Å²) >= 11 is 3.71. The van der Waals surface area contributed by atoms with Crippen LogP contribution in [-0.2, 0) is 16.6 Å². The third kappa shape index (κ3) is 1.80. The number of ether oxygens (including phenoxy) is 2. The summed E-state index contributed by atoms with van der Waals surface area (Å²) in [6.07, 6.45) is 3.85. The Morgan fingerprint density at radius 3 is 3.06 bits per heavy atom. The lowest BCUT2D eigenvalue weighted by atomic mass is 9.83. The largest absolute Gasteiger partial charge is 0.468 e. The fraction of sp³-hybridized carbons (Fsp3) is 0.571. The lowest BCUT2D eigenvalue weighted by molar-refractivity contribution is 0.0510. The predicted molar refractivity (Wildman–Crippen MR) is 70.4 cm³/mol. The summed E-state index contributed by atoms with van der Waals surface area (Å²) in [6, 6.07) is 4.25. The molecule has 3 rings (SSSR count). The molecule has 0 spiro atoms. The van der Waals surface area contributed by atoms with Crippen LogP contribution in [0, 0.1) is 5.92 Å². The maximum Gasteiger partial charge on any atom is 0.188 e. The van der Waals surface area contributed by atoms with Gasteiger partial charge in [0, 0.05) is 11.6 Å². The van der Waals surface area contributed by atoms with Crippen molar-refractivity contribution >= 4 is 15.9 Å². The standard InChI is InChI=1S/C14H17BrO2/c1-14-7-10(14)4-3-9-5-11(17-8-16-2)6-12(15)13(9)14/h5-6,10H,3-4,7-8H2,1-2H3. The molecule has 0 heterocycles. The van der Waals surface area contributed by atoms with Gasteiger partial charge in [0.1, 0.15) is 5.75 Å². The summed E-state index contributed by atoms with van der Waals surface area (Å²) in [5.41, 5.74) is 3.38. The van der Waals surface area contributed by atoms with Gasteiger partial charge in [-0.3, -0.25) is 0 Å². The monoisotopic (exact) mass is 296 g/mol. The summed E-state index contributed by atoms with van der Waals surface area (Å²) in [5.74, 6) is 1.80. The molecule has 0 amide bonds. The molecule has 0 aromatic heterocycles. The van der Waals surface area contributed by atoms with Gasteiger partial charge in [0.15, 0.2) is 6.79 Å². The molecule has 2 aliphatic rings. The number of fused-ring (bicyclic) bond motifs is 3. The van der Waals surface area contributed by atoms with Crippen LogP contribution in [0.4, 0.5) is 0 Å². The first-order valence-electron chi connectivity index (χ1n) is 6.10. The number of aryl methyl sites for hydroxylation is 1. The van der Waals surface area contributed by atoms with Crippen molar-refractivity contribution in [2.24, 2.45) is 5.92 Å².